The molecule has 3 rings (SSSR count). The Hall–Kier alpha value is -1.49. The van der Waals surface area contributed by atoms with Gasteiger partial charge >= 0.3 is 5.97 Å². The number of carboxylic acids is 1. The first-order chi connectivity index (χ1) is 8.24. The van der Waals surface area contributed by atoms with Gasteiger partial charge in [-0.15, -0.1) is 11.3 Å². The third-order valence-electron chi connectivity index (χ3n) is 3.34. The topological polar surface area (TPSA) is 63.1 Å². The Labute approximate surface area is 102 Å². The van der Waals surface area contributed by atoms with E-state index in [2.05, 4.69) is 9.97 Å². The SMILES string of the molecule is O=C(O)C1CCC(c2nc3cnccc3s2)C1. The molecule has 0 amide bonds. The van der Waals surface area contributed by atoms with Crippen molar-refractivity contribution >= 4 is 27.5 Å². The summed E-state index contributed by atoms with van der Waals surface area (Å²) in [6, 6.07) is 1.96. The molecule has 88 valence electrons. The van der Waals surface area contributed by atoms with Gasteiger partial charge in [0.2, 0.25) is 0 Å². The van der Waals surface area contributed by atoms with Crippen molar-refractivity contribution in [3.63, 3.8) is 0 Å². The number of carboxylic acid groups (broad SMARTS) is 1. The van der Waals surface area contributed by atoms with E-state index in [1.54, 1.807) is 23.7 Å². The Morgan fingerprint density at radius 2 is 2.35 bits per heavy atom. The fraction of sp³-hybridized carbons (Fsp3) is 0.417. The average molecular weight is 248 g/mol. The number of aromatic nitrogens is 2. The lowest BCUT2D eigenvalue weighted by atomic mass is 10.1. The highest BCUT2D eigenvalue weighted by Crippen LogP contribution is 2.40. The molecule has 5 heteroatoms. The van der Waals surface area contributed by atoms with E-state index in [0.29, 0.717) is 5.92 Å². The highest BCUT2D eigenvalue weighted by molar-refractivity contribution is 7.18. The molecule has 2 heterocycles. The Morgan fingerprint density at radius 1 is 1.47 bits per heavy atom. The first-order valence-electron chi connectivity index (χ1n) is 5.67. The molecule has 0 radical (unpaired) electrons. The van der Waals surface area contributed by atoms with E-state index in [-0.39, 0.29) is 5.92 Å². The minimum atomic E-state index is -0.671. The minimum absolute atomic E-state index is 0.190. The van der Waals surface area contributed by atoms with Gasteiger partial charge in [0.25, 0.3) is 0 Å². The number of pyridine rings is 1. The van der Waals surface area contributed by atoms with Crippen LogP contribution in [0.3, 0.4) is 0 Å². The summed E-state index contributed by atoms with van der Waals surface area (Å²) in [6.07, 6.45) is 5.96. The van der Waals surface area contributed by atoms with E-state index in [4.69, 9.17) is 5.11 Å². The van der Waals surface area contributed by atoms with Crippen molar-refractivity contribution in [3.8, 4) is 0 Å². The Bertz CT molecular complexity index is 533. The van der Waals surface area contributed by atoms with Crippen LogP contribution in [0, 0.1) is 5.92 Å². The predicted octanol–water partition coefficient (Wildman–Crippen LogP) is 2.66. The van der Waals surface area contributed by atoms with E-state index >= 15 is 0 Å². The summed E-state index contributed by atoms with van der Waals surface area (Å²) < 4.78 is 1.13. The fourth-order valence-electron chi connectivity index (χ4n) is 2.40. The summed E-state index contributed by atoms with van der Waals surface area (Å²) in [5, 5.41) is 10.1. The molecule has 2 unspecified atom stereocenters. The van der Waals surface area contributed by atoms with E-state index in [1.165, 1.54) is 0 Å². The second-order valence-corrected chi connectivity index (χ2v) is 5.50. The van der Waals surface area contributed by atoms with Crippen molar-refractivity contribution in [2.24, 2.45) is 5.92 Å². The van der Waals surface area contributed by atoms with Crippen molar-refractivity contribution in [2.75, 3.05) is 0 Å². The standard InChI is InChI=1S/C12H12N2O2S/c15-12(16)8-2-1-7(5-8)11-14-9-6-13-4-3-10(9)17-11/h3-4,6-8H,1-2,5H2,(H,15,16). The maximum atomic E-state index is 10.9. The lowest BCUT2D eigenvalue weighted by Crippen LogP contribution is -2.09. The maximum Gasteiger partial charge on any atom is 0.306 e. The molecule has 0 saturated heterocycles. The van der Waals surface area contributed by atoms with E-state index in [1.807, 2.05) is 6.07 Å². The Kier molecular flexibility index (Phi) is 2.55. The molecule has 4 nitrogen and oxygen atoms in total. The summed E-state index contributed by atoms with van der Waals surface area (Å²) in [7, 11) is 0. The van der Waals surface area contributed by atoms with Gasteiger partial charge in [0.15, 0.2) is 0 Å². The molecule has 0 aromatic carbocycles. The smallest absolute Gasteiger partial charge is 0.306 e. The molecule has 1 fully saturated rings. The summed E-state index contributed by atoms with van der Waals surface area (Å²) in [6.45, 7) is 0. The third kappa shape index (κ3) is 1.91. The maximum absolute atomic E-state index is 10.9. The van der Waals surface area contributed by atoms with Crippen LogP contribution < -0.4 is 0 Å². The number of hydrogen-bond acceptors (Lipinski definition) is 4. The highest BCUT2D eigenvalue weighted by atomic mass is 32.1. The van der Waals surface area contributed by atoms with Gasteiger partial charge in [-0.25, -0.2) is 4.98 Å². The van der Waals surface area contributed by atoms with Gasteiger partial charge < -0.3 is 5.11 Å². The van der Waals surface area contributed by atoms with Gasteiger partial charge in [-0.1, -0.05) is 0 Å². The largest absolute Gasteiger partial charge is 0.481 e. The molecule has 1 aliphatic carbocycles. The monoisotopic (exact) mass is 248 g/mol. The number of rotatable bonds is 2. The first kappa shape index (κ1) is 10.7. The van der Waals surface area contributed by atoms with Gasteiger partial charge in [0, 0.05) is 12.1 Å². The molecule has 1 aliphatic rings. The molecule has 0 aliphatic heterocycles. The molecule has 1 N–H and O–H groups in total. The molecule has 2 atom stereocenters. The molecule has 1 saturated carbocycles. The van der Waals surface area contributed by atoms with E-state index in [0.717, 1.165) is 34.5 Å². The highest BCUT2D eigenvalue weighted by Gasteiger charge is 2.32. The first-order valence-corrected chi connectivity index (χ1v) is 6.49. The Morgan fingerprint density at radius 3 is 3.06 bits per heavy atom. The molecule has 0 spiro atoms. The number of hydrogen-bond donors (Lipinski definition) is 1. The van der Waals surface area contributed by atoms with Gasteiger partial charge in [0.1, 0.15) is 0 Å². The molecule has 0 bridgehead atoms. The Balaban J connectivity index is 1.87. The van der Waals surface area contributed by atoms with Gasteiger partial charge in [-0.3, -0.25) is 9.78 Å². The number of aliphatic carboxylic acids is 1. The van der Waals surface area contributed by atoms with Crippen LogP contribution in [0.25, 0.3) is 10.2 Å². The summed E-state index contributed by atoms with van der Waals surface area (Å²) in [5.41, 5.74) is 0.922. The average Bonchev–Trinajstić information content (AvgIpc) is 2.95. The van der Waals surface area contributed by atoms with Crippen LogP contribution >= 0.6 is 11.3 Å². The zero-order valence-corrected chi connectivity index (χ0v) is 9.98. The molecule has 2 aromatic heterocycles. The normalized spacial score (nSPS) is 24.2. The van der Waals surface area contributed by atoms with Crippen LogP contribution in [0.2, 0.25) is 0 Å². The van der Waals surface area contributed by atoms with Crippen molar-refractivity contribution in [1.82, 2.24) is 9.97 Å². The summed E-state index contributed by atoms with van der Waals surface area (Å²) in [4.78, 5) is 19.5. The van der Waals surface area contributed by atoms with Crippen molar-refractivity contribution in [3.05, 3.63) is 23.5 Å². The van der Waals surface area contributed by atoms with Crippen molar-refractivity contribution in [2.45, 2.75) is 25.2 Å². The fourth-order valence-corrected chi connectivity index (χ4v) is 3.48. The third-order valence-corrected chi connectivity index (χ3v) is 4.54. The summed E-state index contributed by atoms with van der Waals surface area (Å²) in [5.74, 6) is -0.547. The van der Waals surface area contributed by atoms with Crippen molar-refractivity contribution < 1.29 is 9.90 Å². The number of nitrogens with zero attached hydrogens (tertiary/aromatic N) is 2. The van der Waals surface area contributed by atoms with Crippen LogP contribution in [0.4, 0.5) is 0 Å². The number of thiazole rings is 1. The van der Waals surface area contributed by atoms with Gasteiger partial charge in [0.05, 0.1) is 27.3 Å². The zero-order valence-electron chi connectivity index (χ0n) is 9.17. The number of carbonyl (C=O) groups is 1. The van der Waals surface area contributed by atoms with Crippen molar-refractivity contribution in [1.29, 1.82) is 0 Å². The summed E-state index contributed by atoms with van der Waals surface area (Å²) >= 11 is 1.66. The van der Waals surface area contributed by atoms with Gasteiger partial charge in [-0.05, 0) is 25.3 Å². The second-order valence-electron chi connectivity index (χ2n) is 4.44. The lowest BCUT2D eigenvalue weighted by molar-refractivity contribution is -0.141. The van der Waals surface area contributed by atoms with E-state index < -0.39 is 5.97 Å². The molecular formula is C12H12N2O2S. The van der Waals surface area contributed by atoms with Crippen LogP contribution in [0.1, 0.15) is 30.2 Å². The van der Waals surface area contributed by atoms with E-state index in [9.17, 15) is 4.79 Å². The van der Waals surface area contributed by atoms with Crippen LogP contribution in [0.15, 0.2) is 18.5 Å². The minimum Gasteiger partial charge on any atom is -0.481 e. The number of fused-ring (bicyclic) bond motifs is 1. The zero-order chi connectivity index (χ0) is 11.8. The van der Waals surface area contributed by atoms with Crippen LogP contribution in [-0.2, 0) is 4.79 Å². The molecular weight excluding hydrogens is 236 g/mol. The van der Waals surface area contributed by atoms with Crippen LogP contribution in [0.5, 0.6) is 0 Å². The lowest BCUT2D eigenvalue weighted by Gasteiger charge is -2.04. The van der Waals surface area contributed by atoms with Gasteiger partial charge in [-0.2, -0.15) is 0 Å². The second kappa shape index (κ2) is 4.07. The molecule has 2 aromatic rings. The quantitative estimate of drug-likeness (QED) is 0.887. The van der Waals surface area contributed by atoms with Crippen LogP contribution in [-0.4, -0.2) is 21.0 Å². The molecule has 17 heavy (non-hydrogen) atoms. The predicted molar refractivity (Wildman–Crippen MR) is 65.1 cm³/mol.